The number of esters is 1. The lowest BCUT2D eigenvalue weighted by molar-refractivity contribution is 0.0460. The SMILES string of the molecule is COc1cccc(C(=O)OCc2nc3c(c(=O)[nH]2)CC(C)=C(C)S3)c1. The first-order valence-electron chi connectivity index (χ1n) is 7.75. The molecule has 1 aromatic carbocycles. The summed E-state index contributed by atoms with van der Waals surface area (Å²) in [4.78, 5) is 32.7. The van der Waals surface area contributed by atoms with E-state index in [4.69, 9.17) is 9.47 Å². The van der Waals surface area contributed by atoms with Crippen LogP contribution in [0, 0.1) is 0 Å². The number of fused-ring (bicyclic) bond motifs is 1. The summed E-state index contributed by atoms with van der Waals surface area (Å²) in [5.74, 6) is 0.405. The lowest BCUT2D eigenvalue weighted by atomic mass is 10.1. The molecule has 1 aromatic heterocycles. The van der Waals surface area contributed by atoms with Crippen molar-refractivity contribution in [3.05, 3.63) is 62.0 Å². The summed E-state index contributed by atoms with van der Waals surface area (Å²) in [6, 6.07) is 6.69. The summed E-state index contributed by atoms with van der Waals surface area (Å²) in [5, 5.41) is 0.680. The van der Waals surface area contributed by atoms with E-state index in [0.717, 1.165) is 4.91 Å². The Bertz CT molecular complexity index is 918. The number of allylic oxidation sites excluding steroid dienone is 2. The summed E-state index contributed by atoms with van der Waals surface area (Å²) >= 11 is 1.48. The van der Waals surface area contributed by atoms with E-state index >= 15 is 0 Å². The molecular formula is C18H18N2O4S. The third kappa shape index (κ3) is 3.76. The largest absolute Gasteiger partial charge is 0.497 e. The van der Waals surface area contributed by atoms with Crippen molar-refractivity contribution in [3.8, 4) is 5.75 Å². The van der Waals surface area contributed by atoms with Gasteiger partial charge in [-0.3, -0.25) is 4.79 Å². The number of aromatic amines is 1. The number of aromatic nitrogens is 2. The highest BCUT2D eigenvalue weighted by atomic mass is 32.2. The summed E-state index contributed by atoms with van der Waals surface area (Å²) < 4.78 is 10.3. The molecule has 6 nitrogen and oxygen atoms in total. The van der Waals surface area contributed by atoms with Gasteiger partial charge in [0.25, 0.3) is 5.56 Å². The van der Waals surface area contributed by atoms with Crippen LogP contribution in [-0.4, -0.2) is 23.0 Å². The standard InChI is InChI=1S/C18H18N2O4S/c1-10-7-14-16(21)19-15(20-17(14)25-11(10)2)9-24-18(22)12-5-4-6-13(8-12)23-3/h4-6,8H,7,9H2,1-3H3,(H,19,20,21). The molecule has 0 aliphatic carbocycles. The summed E-state index contributed by atoms with van der Waals surface area (Å²) in [5.41, 5.74) is 2.03. The van der Waals surface area contributed by atoms with Gasteiger partial charge in [-0.15, -0.1) is 0 Å². The van der Waals surface area contributed by atoms with E-state index in [2.05, 4.69) is 9.97 Å². The van der Waals surface area contributed by atoms with Crippen LogP contribution in [0.5, 0.6) is 5.75 Å². The Labute approximate surface area is 149 Å². The molecule has 0 unspecified atom stereocenters. The molecule has 0 fully saturated rings. The third-order valence-electron chi connectivity index (χ3n) is 3.96. The zero-order valence-electron chi connectivity index (χ0n) is 14.2. The fourth-order valence-corrected chi connectivity index (χ4v) is 3.40. The second kappa shape index (κ2) is 7.14. The Kier molecular flexibility index (Phi) is 4.94. The Hall–Kier alpha value is -2.54. The number of nitrogens with one attached hydrogen (secondary N) is 1. The molecule has 3 rings (SSSR count). The maximum Gasteiger partial charge on any atom is 0.338 e. The van der Waals surface area contributed by atoms with Crippen molar-refractivity contribution < 1.29 is 14.3 Å². The Morgan fingerprint density at radius 3 is 2.92 bits per heavy atom. The van der Waals surface area contributed by atoms with Crippen molar-refractivity contribution in [1.29, 1.82) is 0 Å². The van der Waals surface area contributed by atoms with Crippen LogP contribution in [0.2, 0.25) is 0 Å². The molecule has 1 N–H and O–H groups in total. The van der Waals surface area contributed by atoms with Gasteiger partial charge in [0.2, 0.25) is 0 Å². The van der Waals surface area contributed by atoms with Crippen LogP contribution in [0.4, 0.5) is 0 Å². The highest BCUT2D eigenvalue weighted by Gasteiger charge is 2.19. The number of hydrogen-bond donors (Lipinski definition) is 1. The van der Waals surface area contributed by atoms with E-state index < -0.39 is 5.97 Å². The van der Waals surface area contributed by atoms with E-state index in [1.807, 2.05) is 13.8 Å². The van der Waals surface area contributed by atoms with E-state index in [9.17, 15) is 9.59 Å². The highest BCUT2D eigenvalue weighted by Crippen LogP contribution is 2.34. The summed E-state index contributed by atoms with van der Waals surface area (Å²) in [6.07, 6.45) is 0.598. The minimum Gasteiger partial charge on any atom is -0.497 e. The first-order valence-corrected chi connectivity index (χ1v) is 8.57. The minimum atomic E-state index is -0.501. The van der Waals surface area contributed by atoms with Gasteiger partial charge in [0.15, 0.2) is 0 Å². The molecule has 0 spiro atoms. The van der Waals surface area contributed by atoms with Gasteiger partial charge in [0.1, 0.15) is 23.2 Å². The van der Waals surface area contributed by atoms with Crippen molar-refractivity contribution in [2.45, 2.75) is 31.9 Å². The van der Waals surface area contributed by atoms with Crippen molar-refractivity contribution in [2.24, 2.45) is 0 Å². The molecule has 0 amide bonds. The number of hydrogen-bond acceptors (Lipinski definition) is 6. The molecular weight excluding hydrogens is 340 g/mol. The maximum atomic E-state index is 12.2. The maximum absolute atomic E-state index is 12.2. The van der Waals surface area contributed by atoms with Crippen LogP contribution in [0.3, 0.4) is 0 Å². The second-order valence-electron chi connectivity index (χ2n) is 5.72. The molecule has 0 saturated heterocycles. The number of nitrogens with zero attached hydrogens (tertiary/aromatic N) is 1. The van der Waals surface area contributed by atoms with Crippen molar-refractivity contribution in [2.75, 3.05) is 7.11 Å². The molecule has 0 radical (unpaired) electrons. The van der Waals surface area contributed by atoms with Gasteiger partial charge in [0, 0.05) is 6.42 Å². The topological polar surface area (TPSA) is 81.3 Å². The number of carbonyl (C=O) groups is 1. The fourth-order valence-electron chi connectivity index (χ4n) is 2.42. The summed E-state index contributed by atoms with van der Waals surface area (Å²) in [6.45, 7) is 3.92. The van der Waals surface area contributed by atoms with Crippen LogP contribution in [-0.2, 0) is 17.8 Å². The van der Waals surface area contributed by atoms with Gasteiger partial charge in [-0.1, -0.05) is 23.4 Å². The van der Waals surface area contributed by atoms with Crippen molar-refractivity contribution in [1.82, 2.24) is 9.97 Å². The first-order chi connectivity index (χ1) is 12.0. The quantitative estimate of drug-likeness (QED) is 0.668. The number of H-pyrrole nitrogens is 1. The fraction of sp³-hybridized carbons (Fsp3) is 0.278. The second-order valence-corrected chi connectivity index (χ2v) is 6.92. The van der Waals surface area contributed by atoms with Gasteiger partial charge >= 0.3 is 5.97 Å². The molecule has 130 valence electrons. The van der Waals surface area contributed by atoms with Gasteiger partial charge in [-0.25, -0.2) is 9.78 Å². The van der Waals surface area contributed by atoms with Crippen LogP contribution < -0.4 is 10.3 Å². The molecule has 1 aliphatic rings. The van der Waals surface area contributed by atoms with E-state index in [0.29, 0.717) is 34.1 Å². The van der Waals surface area contributed by atoms with Gasteiger partial charge in [-0.05, 0) is 37.0 Å². The predicted octanol–water partition coefficient (Wildman–Crippen LogP) is 3.08. The van der Waals surface area contributed by atoms with Crippen molar-refractivity contribution >= 4 is 17.7 Å². The highest BCUT2D eigenvalue weighted by molar-refractivity contribution is 8.03. The average molecular weight is 358 g/mol. The van der Waals surface area contributed by atoms with E-state index in [-0.39, 0.29) is 12.2 Å². The number of carbonyl (C=O) groups excluding carboxylic acids is 1. The van der Waals surface area contributed by atoms with Gasteiger partial charge in [0.05, 0.1) is 18.2 Å². The van der Waals surface area contributed by atoms with Crippen LogP contribution >= 0.6 is 11.8 Å². The molecule has 0 saturated carbocycles. The Morgan fingerprint density at radius 1 is 1.36 bits per heavy atom. The lowest BCUT2D eigenvalue weighted by Crippen LogP contribution is -2.21. The number of thioether (sulfide) groups is 1. The minimum absolute atomic E-state index is 0.0964. The molecule has 2 aromatic rings. The molecule has 2 heterocycles. The predicted molar refractivity (Wildman–Crippen MR) is 94.9 cm³/mol. The van der Waals surface area contributed by atoms with Crippen LogP contribution in [0.1, 0.15) is 35.6 Å². The van der Waals surface area contributed by atoms with Crippen molar-refractivity contribution in [3.63, 3.8) is 0 Å². The zero-order chi connectivity index (χ0) is 18.0. The van der Waals surface area contributed by atoms with Crippen LogP contribution in [0.15, 0.2) is 44.6 Å². The lowest BCUT2D eigenvalue weighted by Gasteiger charge is -2.17. The smallest absolute Gasteiger partial charge is 0.338 e. The first kappa shape index (κ1) is 17.3. The molecule has 7 heteroatoms. The number of benzene rings is 1. The number of ether oxygens (including phenoxy) is 2. The Morgan fingerprint density at radius 2 is 2.16 bits per heavy atom. The number of methoxy groups -OCH3 is 1. The molecule has 25 heavy (non-hydrogen) atoms. The van der Waals surface area contributed by atoms with E-state index in [1.54, 1.807) is 24.3 Å². The number of rotatable bonds is 4. The molecule has 1 aliphatic heterocycles. The van der Waals surface area contributed by atoms with Crippen LogP contribution in [0.25, 0.3) is 0 Å². The monoisotopic (exact) mass is 358 g/mol. The third-order valence-corrected chi connectivity index (χ3v) is 5.15. The summed E-state index contributed by atoms with van der Waals surface area (Å²) in [7, 11) is 1.53. The molecule has 0 atom stereocenters. The van der Waals surface area contributed by atoms with E-state index in [1.165, 1.54) is 24.4 Å². The normalized spacial score (nSPS) is 13.4. The molecule has 0 bridgehead atoms. The Balaban J connectivity index is 1.74. The average Bonchev–Trinajstić information content (AvgIpc) is 2.61. The van der Waals surface area contributed by atoms with Gasteiger partial charge < -0.3 is 14.5 Å². The van der Waals surface area contributed by atoms with Gasteiger partial charge in [-0.2, -0.15) is 0 Å². The zero-order valence-corrected chi connectivity index (χ0v) is 15.0.